The van der Waals surface area contributed by atoms with Crippen LogP contribution in [0.2, 0.25) is 0 Å². The Morgan fingerprint density at radius 1 is 1.14 bits per heavy atom. The van der Waals surface area contributed by atoms with Crippen LogP contribution in [-0.2, 0) is 20.4 Å². The predicted octanol–water partition coefficient (Wildman–Crippen LogP) is 4.95. The number of aromatic nitrogens is 1. The summed E-state index contributed by atoms with van der Waals surface area (Å²) >= 11 is 0. The number of benzene rings is 2. The van der Waals surface area contributed by atoms with Crippen LogP contribution in [0, 0.1) is 5.82 Å². The number of hydrogen-bond donors (Lipinski definition) is 1. The number of nitrogens with one attached hydrogen (secondary N) is 1. The summed E-state index contributed by atoms with van der Waals surface area (Å²) in [6.45, 7) is 7.03. The first kappa shape index (κ1) is 19.6. The lowest BCUT2D eigenvalue weighted by Gasteiger charge is -2.36. The summed E-state index contributed by atoms with van der Waals surface area (Å²) in [7, 11) is 0. The standard InChI is InChI=1S/C23H25FN2O3/c1-22(2,3)21-26-18-14-17(7-8-19(18)29-21)25-20(27)23(9-11-28-12-10-23)15-5-4-6-16(24)13-15/h4-8,13-14H,9-12H2,1-3H3,(H,25,27). The number of rotatable bonds is 3. The fraction of sp³-hybridized carbons (Fsp3) is 0.391. The third-order valence-corrected chi connectivity index (χ3v) is 5.45. The molecule has 1 saturated heterocycles. The van der Waals surface area contributed by atoms with Crippen LogP contribution < -0.4 is 5.32 Å². The van der Waals surface area contributed by atoms with Crippen molar-refractivity contribution in [1.29, 1.82) is 0 Å². The van der Waals surface area contributed by atoms with E-state index in [1.807, 2.05) is 39.0 Å². The van der Waals surface area contributed by atoms with Gasteiger partial charge in [-0.25, -0.2) is 9.37 Å². The molecule has 3 aromatic rings. The Balaban J connectivity index is 1.65. The van der Waals surface area contributed by atoms with E-state index in [1.54, 1.807) is 12.1 Å². The summed E-state index contributed by atoms with van der Waals surface area (Å²) in [4.78, 5) is 17.9. The smallest absolute Gasteiger partial charge is 0.235 e. The molecule has 1 aliphatic rings. The molecule has 2 heterocycles. The van der Waals surface area contributed by atoms with Crippen molar-refractivity contribution in [3.05, 3.63) is 59.7 Å². The lowest BCUT2D eigenvalue weighted by atomic mass is 9.73. The van der Waals surface area contributed by atoms with Gasteiger partial charge in [0.1, 0.15) is 11.3 Å². The van der Waals surface area contributed by atoms with Gasteiger partial charge in [-0.15, -0.1) is 0 Å². The number of fused-ring (bicyclic) bond motifs is 1. The van der Waals surface area contributed by atoms with Crippen LogP contribution in [0.15, 0.2) is 46.9 Å². The van der Waals surface area contributed by atoms with Crippen LogP contribution in [0.5, 0.6) is 0 Å². The summed E-state index contributed by atoms with van der Waals surface area (Å²) in [5.74, 6) is 0.141. The van der Waals surface area contributed by atoms with Crippen LogP contribution >= 0.6 is 0 Å². The first-order chi connectivity index (χ1) is 13.8. The van der Waals surface area contributed by atoms with Crippen LogP contribution in [0.3, 0.4) is 0 Å². The van der Waals surface area contributed by atoms with Crippen molar-refractivity contribution in [2.24, 2.45) is 0 Å². The molecule has 1 fully saturated rings. The van der Waals surface area contributed by atoms with Gasteiger partial charge in [0.25, 0.3) is 0 Å². The second-order valence-corrected chi connectivity index (χ2v) is 8.61. The second-order valence-electron chi connectivity index (χ2n) is 8.61. The lowest BCUT2D eigenvalue weighted by molar-refractivity contribution is -0.125. The van der Waals surface area contributed by atoms with Gasteiger partial charge in [-0.3, -0.25) is 4.79 Å². The molecule has 0 unspecified atom stereocenters. The van der Waals surface area contributed by atoms with E-state index in [0.717, 1.165) is 0 Å². The minimum absolute atomic E-state index is 0.162. The Hall–Kier alpha value is -2.73. The molecule has 1 aliphatic heterocycles. The number of carbonyl (C=O) groups excluding carboxylic acids is 1. The molecule has 5 nitrogen and oxygen atoms in total. The normalized spacial score (nSPS) is 16.7. The molecule has 0 spiro atoms. The molecule has 152 valence electrons. The largest absolute Gasteiger partial charge is 0.440 e. The van der Waals surface area contributed by atoms with Crippen molar-refractivity contribution in [3.63, 3.8) is 0 Å². The minimum atomic E-state index is -0.824. The van der Waals surface area contributed by atoms with Gasteiger partial charge in [-0.05, 0) is 48.7 Å². The Morgan fingerprint density at radius 3 is 2.59 bits per heavy atom. The molecule has 0 atom stereocenters. The average Bonchev–Trinajstić information content (AvgIpc) is 3.12. The van der Waals surface area contributed by atoms with E-state index in [9.17, 15) is 9.18 Å². The van der Waals surface area contributed by atoms with Crippen LogP contribution in [0.4, 0.5) is 10.1 Å². The molecule has 0 bridgehead atoms. The zero-order valence-electron chi connectivity index (χ0n) is 16.9. The van der Waals surface area contributed by atoms with Gasteiger partial charge < -0.3 is 14.5 Å². The topological polar surface area (TPSA) is 64.4 Å². The summed E-state index contributed by atoms with van der Waals surface area (Å²) in [6, 6.07) is 11.7. The molecule has 0 radical (unpaired) electrons. The van der Waals surface area contributed by atoms with Crippen molar-refractivity contribution in [1.82, 2.24) is 4.98 Å². The van der Waals surface area contributed by atoms with E-state index < -0.39 is 5.41 Å². The van der Waals surface area contributed by atoms with Gasteiger partial charge in [-0.2, -0.15) is 0 Å². The van der Waals surface area contributed by atoms with E-state index in [-0.39, 0.29) is 17.1 Å². The van der Waals surface area contributed by atoms with Crippen LogP contribution in [0.1, 0.15) is 45.1 Å². The third-order valence-electron chi connectivity index (χ3n) is 5.45. The van der Waals surface area contributed by atoms with Crippen molar-refractivity contribution in [2.75, 3.05) is 18.5 Å². The Labute approximate surface area is 169 Å². The number of anilines is 1. The molecule has 2 aromatic carbocycles. The Bertz CT molecular complexity index is 1050. The van der Waals surface area contributed by atoms with Crippen molar-refractivity contribution in [2.45, 2.75) is 44.4 Å². The number of oxazole rings is 1. The first-order valence-electron chi connectivity index (χ1n) is 9.84. The number of ether oxygens (including phenoxy) is 1. The molecule has 1 amide bonds. The zero-order chi connectivity index (χ0) is 20.6. The molecule has 6 heteroatoms. The van der Waals surface area contributed by atoms with E-state index in [1.165, 1.54) is 12.1 Å². The molecule has 29 heavy (non-hydrogen) atoms. The molecule has 0 saturated carbocycles. The molecule has 4 rings (SSSR count). The SMILES string of the molecule is CC(C)(C)c1nc2cc(NC(=O)C3(c4cccc(F)c4)CCOCC3)ccc2o1. The van der Waals surface area contributed by atoms with Gasteiger partial charge in [0.15, 0.2) is 5.58 Å². The lowest BCUT2D eigenvalue weighted by Crippen LogP contribution is -2.44. The van der Waals surface area contributed by atoms with E-state index in [2.05, 4.69) is 10.3 Å². The number of carbonyl (C=O) groups is 1. The maximum atomic E-state index is 13.9. The third kappa shape index (κ3) is 3.77. The minimum Gasteiger partial charge on any atom is -0.440 e. The number of amides is 1. The molecule has 1 aromatic heterocycles. The van der Waals surface area contributed by atoms with E-state index in [4.69, 9.17) is 9.15 Å². The average molecular weight is 396 g/mol. The molecular weight excluding hydrogens is 371 g/mol. The predicted molar refractivity (Wildman–Crippen MR) is 109 cm³/mol. The highest BCUT2D eigenvalue weighted by atomic mass is 19.1. The fourth-order valence-corrected chi connectivity index (χ4v) is 3.73. The van der Waals surface area contributed by atoms with Crippen LogP contribution in [0.25, 0.3) is 11.1 Å². The highest BCUT2D eigenvalue weighted by Crippen LogP contribution is 2.37. The van der Waals surface area contributed by atoms with Crippen molar-refractivity contribution < 1.29 is 18.3 Å². The molecular formula is C23H25FN2O3. The number of hydrogen-bond acceptors (Lipinski definition) is 4. The quantitative estimate of drug-likeness (QED) is 0.680. The van der Waals surface area contributed by atoms with Gasteiger partial charge >= 0.3 is 0 Å². The van der Waals surface area contributed by atoms with Gasteiger partial charge in [-0.1, -0.05) is 32.9 Å². The maximum absolute atomic E-state index is 13.9. The fourth-order valence-electron chi connectivity index (χ4n) is 3.73. The molecule has 1 N–H and O–H groups in total. The van der Waals surface area contributed by atoms with Gasteiger partial charge in [0, 0.05) is 24.3 Å². The molecule has 0 aliphatic carbocycles. The highest BCUT2D eigenvalue weighted by molar-refractivity contribution is 6.00. The summed E-state index contributed by atoms with van der Waals surface area (Å²) in [5.41, 5.74) is 1.66. The highest BCUT2D eigenvalue weighted by Gasteiger charge is 2.42. The van der Waals surface area contributed by atoms with Crippen molar-refractivity contribution in [3.8, 4) is 0 Å². The van der Waals surface area contributed by atoms with Crippen molar-refractivity contribution >= 4 is 22.7 Å². The Kier molecular flexibility index (Phi) is 4.90. The first-order valence-corrected chi connectivity index (χ1v) is 9.84. The Morgan fingerprint density at radius 2 is 1.90 bits per heavy atom. The summed E-state index contributed by atoms with van der Waals surface area (Å²) in [6.07, 6.45) is 1.01. The maximum Gasteiger partial charge on any atom is 0.235 e. The van der Waals surface area contributed by atoms with Gasteiger partial charge in [0.05, 0.1) is 5.41 Å². The summed E-state index contributed by atoms with van der Waals surface area (Å²) < 4.78 is 25.2. The number of halogens is 1. The summed E-state index contributed by atoms with van der Waals surface area (Å²) in [5, 5.41) is 3.01. The van der Waals surface area contributed by atoms with E-state index in [0.29, 0.717) is 54.3 Å². The van der Waals surface area contributed by atoms with Gasteiger partial charge in [0.2, 0.25) is 11.8 Å². The monoisotopic (exact) mass is 396 g/mol. The van der Waals surface area contributed by atoms with Crippen LogP contribution in [-0.4, -0.2) is 24.1 Å². The zero-order valence-corrected chi connectivity index (χ0v) is 16.9. The van der Waals surface area contributed by atoms with E-state index >= 15 is 0 Å². The second kappa shape index (κ2) is 7.26. The number of nitrogens with zero attached hydrogens (tertiary/aromatic N) is 1.